The summed E-state index contributed by atoms with van der Waals surface area (Å²) in [7, 11) is 1.60. The van der Waals surface area contributed by atoms with Crippen molar-refractivity contribution in [2.45, 2.75) is 25.0 Å². The van der Waals surface area contributed by atoms with Crippen molar-refractivity contribution in [3.05, 3.63) is 30.0 Å². The van der Waals surface area contributed by atoms with Gasteiger partial charge in [0, 0.05) is 35.5 Å². The summed E-state index contributed by atoms with van der Waals surface area (Å²) < 4.78 is 5.16. The number of aliphatic hydroxyl groups excluding tert-OH is 2. The molecule has 0 unspecified atom stereocenters. The number of hydrogen-bond donors (Lipinski definition) is 4. The number of ether oxygens (including phenoxy) is 1. The molecule has 1 saturated carbocycles. The quantitative estimate of drug-likeness (QED) is 0.679. The number of aromatic nitrogens is 1. The normalized spacial score (nSPS) is 24.6. The second kappa shape index (κ2) is 5.98. The lowest BCUT2D eigenvalue weighted by atomic mass is 10.1. The summed E-state index contributed by atoms with van der Waals surface area (Å²) in [6.45, 7) is -0.0558. The second-order valence-corrected chi connectivity index (χ2v) is 5.79. The molecule has 4 N–H and O–H groups in total. The van der Waals surface area contributed by atoms with Gasteiger partial charge in [0.1, 0.15) is 11.4 Å². The molecule has 0 saturated heterocycles. The van der Waals surface area contributed by atoms with Crippen LogP contribution >= 0.6 is 0 Å². The maximum Gasteiger partial charge on any atom is 0.267 e. The molecule has 118 valence electrons. The molecule has 0 bridgehead atoms. The van der Waals surface area contributed by atoms with E-state index in [2.05, 4.69) is 10.3 Å². The van der Waals surface area contributed by atoms with Crippen molar-refractivity contribution in [1.29, 1.82) is 0 Å². The summed E-state index contributed by atoms with van der Waals surface area (Å²) in [5, 5.41) is 22.8. The fourth-order valence-corrected chi connectivity index (χ4v) is 3.04. The summed E-state index contributed by atoms with van der Waals surface area (Å²) in [5.41, 5.74) is 1.31. The van der Waals surface area contributed by atoms with Crippen LogP contribution < -0.4 is 10.1 Å². The molecular weight excluding hydrogens is 284 g/mol. The van der Waals surface area contributed by atoms with Crippen LogP contribution in [0.1, 0.15) is 23.3 Å². The zero-order valence-electron chi connectivity index (χ0n) is 12.4. The van der Waals surface area contributed by atoms with Gasteiger partial charge < -0.3 is 25.3 Å². The average molecular weight is 304 g/mol. The maximum atomic E-state index is 12.3. The molecule has 1 aromatic heterocycles. The van der Waals surface area contributed by atoms with E-state index in [0.717, 1.165) is 16.7 Å². The molecule has 1 aliphatic carbocycles. The lowest BCUT2D eigenvalue weighted by molar-refractivity contribution is 0.0902. The highest BCUT2D eigenvalue weighted by atomic mass is 16.5. The van der Waals surface area contributed by atoms with Crippen molar-refractivity contribution in [3.8, 4) is 5.75 Å². The Morgan fingerprint density at radius 3 is 2.91 bits per heavy atom. The first-order valence-corrected chi connectivity index (χ1v) is 7.37. The molecule has 3 rings (SSSR count). The molecule has 1 heterocycles. The van der Waals surface area contributed by atoms with Crippen molar-refractivity contribution in [1.82, 2.24) is 10.3 Å². The number of carbonyl (C=O) groups excluding carboxylic acids is 1. The number of hydrogen-bond acceptors (Lipinski definition) is 4. The summed E-state index contributed by atoms with van der Waals surface area (Å²) >= 11 is 0. The standard InChI is InChI=1S/C16H20N2O4/c1-22-12-3-2-9-5-14(18-13(9)7-12)16(21)17-11-4-10(8-19)15(20)6-11/h2-3,5,7,10-11,15,18-20H,4,6,8H2,1H3,(H,17,21)/t10-,11+,15+/m0/s1. The number of carbonyl (C=O) groups is 1. The van der Waals surface area contributed by atoms with Crippen molar-refractivity contribution < 1.29 is 19.7 Å². The minimum atomic E-state index is -0.553. The van der Waals surface area contributed by atoms with E-state index in [9.17, 15) is 9.90 Å². The Labute approximate surface area is 128 Å². The Kier molecular flexibility index (Phi) is 4.04. The summed E-state index contributed by atoms with van der Waals surface area (Å²) in [4.78, 5) is 15.4. The van der Waals surface area contributed by atoms with Crippen molar-refractivity contribution in [2.24, 2.45) is 5.92 Å². The Morgan fingerprint density at radius 1 is 1.41 bits per heavy atom. The minimum Gasteiger partial charge on any atom is -0.497 e. The van der Waals surface area contributed by atoms with Gasteiger partial charge in [0.25, 0.3) is 5.91 Å². The number of H-pyrrole nitrogens is 1. The van der Waals surface area contributed by atoms with Crippen LogP contribution in [0.2, 0.25) is 0 Å². The molecule has 6 nitrogen and oxygen atoms in total. The Bertz CT molecular complexity index is 682. The van der Waals surface area contributed by atoms with Crippen LogP contribution in [0.3, 0.4) is 0 Å². The number of amides is 1. The largest absolute Gasteiger partial charge is 0.497 e. The third-order valence-corrected chi connectivity index (χ3v) is 4.30. The molecule has 1 aromatic carbocycles. The van der Waals surface area contributed by atoms with Crippen molar-refractivity contribution in [3.63, 3.8) is 0 Å². The fourth-order valence-electron chi connectivity index (χ4n) is 3.04. The van der Waals surface area contributed by atoms with Crippen LogP contribution in [0, 0.1) is 5.92 Å². The van der Waals surface area contributed by atoms with Crippen LogP contribution in [0.5, 0.6) is 5.75 Å². The second-order valence-electron chi connectivity index (χ2n) is 5.79. The summed E-state index contributed by atoms with van der Waals surface area (Å²) in [6.07, 6.45) is 0.518. The number of fused-ring (bicyclic) bond motifs is 1. The van der Waals surface area contributed by atoms with Crippen LogP contribution in [0.4, 0.5) is 0 Å². The van der Waals surface area contributed by atoms with Gasteiger partial charge in [0.2, 0.25) is 0 Å². The van der Waals surface area contributed by atoms with E-state index < -0.39 is 6.10 Å². The van der Waals surface area contributed by atoms with E-state index in [0.29, 0.717) is 18.5 Å². The molecular formula is C16H20N2O4. The Balaban J connectivity index is 1.72. The number of benzene rings is 1. The number of aliphatic hydroxyl groups is 2. The van der Waals surface area contributed by atoms with E-state index in [1.54, 1.807) is 13.2 Å². The third-order valence-electron chi connectivity index (χ3n) is 4.30. The molecule has 1 aliphatic rings. The molecule has 0 radical (unpaired) electrons. The van der Waals surface area contributed by atoms with E-state index in [4.69, 9.17) is 9.84 Å². The van der Waals surface area contributed by atoms with Gasteiger partial charge in [0.15, 0.2) is 0 Å². The van der Waals surface area contributed by atoms with E-state index in [-0.39, 0.29) is 24.5 Å². The Morgan fingerprint density at radius 2 is 2.23 bits per heavy atom. The lowest BCUT2D eigenvalue weighted by Crippen LogP contribution is -2.33. The van der Waals surface area contributed by atoms with Gasteiger partial charge in [0.05, 0.1) is 13.2 Å². The van der Waals surface area contributed by atoms with Gasteiger partial charge in [-0.25, -0.2) is 0 Å². The van der Waals surface area contributed by atoms with Crippen LogP contribution in [0.25, 0.3) is 10.9 Å². The lowest BCUT2D eigenvalue weighted by Gasteiger charge is -2.11. The van der Waals surface area contributed by atoms with Gasteiger partial charge in [-0.1, -0.05) is 0 Å². The smallest absolute Gasteiger partial charge is 0.267 e. The van der Waals surface area contributed by atoms with E-state index >= 15 is 0 Å². The average Bonchev–Trinajstić information content (AvgIpc) is 3.09. The topological polar surface area (TPSA) is 94.6 Å². The molecule has 0 aliphatic heterocycles. The van der Waals surface area contributed by atoms with E-state index in [1.165, 1.54) is 0 Å². The van der Waals surface area contributed by atoms with Gasteiger partial charge >= 0.3 is 0 Å². The molecule has 1 fully saturated rings. The van der Waals surface area contributed by atoms with Crippen LogP contribution in [0.15, 0.2) is 24.3 Å². The zero-order chi connectivity index (χ0) is 15.7. The first kappa shape index (κ1) is 14.9. The maximum absolute atomic E-state index is 12.3. The van der Waals surface area contributed by atoms with Gasteiger partial charge in [-0.3, -0.25) is 4.79 Å². The van der Waals surface area contributed by atoms with Gasteiger partial charge in [-0.15, -0.1) is 0 Å². The van der Waals surface area contributed by atoms with E-state index in [1.807, 2.05) is 18.2 Å². The predicted octanol–water partition coefficient (Wildman–Crippen LogP) is 1.04. The van der Waals surface area contributed by atoms with Crippen LogP contribution in [-0.4, -0.2) is 47.0 Å². The highest BCUT2D eigenvalue weighted by molar-refractivity contribution is 5.98. The van der Waals surface area contributed by atoms with Crippen molar-refractivity contribution >= 4 is 16.8 Å². The van der Waals surface area contributed by atoms with Crippen molar-refractivity contribution in [2.75, 3.05) is 13.7 Å². The highest BCUT2D eigenvalue weighted by Crippen LogP contribution is 2.26. The molecule has 1 amide bonds. The highest BCUT2D eigenvalue weighted by Gasteiger charge is 2.33. The predicted molar refractivity (Wildman–Crippen MR) is 81.9 cm³/mol. The van der Waals surface area contributed by atoms with Gasteiger partial charge in [-0.05, 0) is 31.0 Å². The zero-order valence-corrected chi connectivity index (χ0v) is 12.4. The SMILES string of the molecule is COc1ccc2cc(C(=O)N[C@@H]3C[C@@H](CO)[C@H](O)C3)[nH]c2c1. The summed E-state index contributed by atoms with van der Waals surface area (Å²) in [5.74, 6) is 0.370. The van der Waals surface area contributed by atoms with Crippen LogP contribution in [-0.2, 0) is 0 Å². The molecule has 3 atom stereocenters. The Hall–Kier alpha value is -2.05. The monoisotopic (exact) mass is 304 g/mol. The fraction of sp³-hybridized carbons (Fsp3) is 0.438. The number of rotatable bonds is 4. The number of nitrogens with one attached hydrogen (secondary N) is 2. The number of aromatic amines is 1. The minimum absolute atomic E-state index is 0.0558. The molecule has 2 aromatic rings. The number of methoxy groups -OCH3 is 1. The molecule has 22 heavy (non-hydrogen) atoms. The summed E-state index contributed by atoms with van der Waals surface area (Å²) in [6, 6.07) is 7.26. The molecule has 0 spiro atoms. The third kappa shape index (κ3) is 2.80. The first-order valence-electron chi connectivity index (χ1n) is 7.37. The molecule has 6 heteroatoms. The first-order chi connectivity index (χ1) is 10.6. The van der Waals surface area contributed by atoms with Gasteiger partial charge in [-0.2, -0.15) is 0 Å².